The van der Waals surface area contributed by atoms with Gasteiger partial charge in [0.1, 0.15) is 11.2 Å². The van der Waals surface area contributed by atoms with Crippen LogP contribution in [0.5, 0.6) is 0 Å². The molecule has 0 aliphatic rings. The van der Waals surface area contributed by atoms with Crippen LogP contribution in [0.1, 0.15) is 25.7 Å². The first-order valence-electron chi connectivity index (χ1n) is 6.23. The van der Waals surface area contributed by atoms with Crippen LogP contribution in [0, 0.1) is 135 Å². The summed E-state index contributed by atoms with van der Waals surface area (Å²) in [5.74, 6) is -12.0. The minimum atomic E-state index is -2.97. The van der Waals surface area contributed by atoms with Crippen molar-refractivity contribution in [1.82, 2.24) is 0 Å². The summed E-state index contributed by atoms with van der Waals surface area (Å²) in [5, 5.41) is 77.9. The van der Waals surface area contributed by atoms with Crippen LogP contribution in [-0.2, 0) is 28.8 Å². The van der Waals surface area contributed by atoms with Crippen LogP contribution < -0.4 is 30.6 Å². The predicted octanol–water partition coefficient (Wildman–Crippen LogP) is -10.5. The molecule has 0 spiro atoms. The van der Waals surface area contributed by atoms with E-state index < -0.39 is 72.7 Å². The maximum Gasteiger partial charge on any atom is 2.00 e. The normalized spacial score (nSPS) is 9.72. The molecule has 0 saturated heterocycles. The van der Waals surface area contributed by atoms with Gasteiger partial charge in [0.05, 0.1) is 11.9 Å². The summed E-state index contributed by atoms with van der Waals surface area (Å²) >= 11 is 0. The number of rotatable bonds is 10. The molecule has 0 aliphatic heterocycles. The van der Waals surface area contributed by atoms with Gasteiger partial charge in [0, 0.05) is 49.6 Å². The standard InChI is InChI=1S/2C6H8O7.3Ra/c2*7-3(8)1-6(13,5(11)12)2-4(9)10;;;/h2*13H,1-2H2,(H,7,8)(H,9,10)(H,11,12);;;/q;;3*+2/p-6. The molecule has 0 unspecified atom stereocenters. The van der Waals surface area contributed by atoms with Crippen molar-refractivity contribution in [3.8, 4) is 0 Å². The molecule has 0 aromatic rings. The van der Waals surface area contributed by atoms with Crippen LogP contribution in [0.3, 0.4) is 0 Å². The van der Waals surface area contributed by atoms with Gasteiger partial charge in [-0.15, -0.1) is 0 Å². The van der Waals surface area contributed by atoms with Crippen molar-refractivity contribution >= 4 is 35.8 Å². The first kappa shape index (κ1) is 40.5. The van der Waals surface area contributed by atoms with E-state index in [4.69, 9.17) is 10.2 Å². The molecule has 0 amide bonds. The van der Waals surface area contributed by atoms with Gasteiger partial charge in [0.15, 0.2) is 0 Å². The third kappa shape index (κ3) is 19.5. The third-order valence-corrected chi connectivity index (χ3v) is 2.51. The van der Waals surface area contributed by atoms with E-state index in [0.29, 0.717) is 0 Å². The van der Waals surface area contributed by atoms with Gasteiger partial charge >= 0.3 is 135 Å². The number of carboxylic acids is 6. The maximum absolute atomic E-state index is 10.1. The van der Waals surface area contributed by atoms with Crippen LogP contribution in [0.2, 0.25) is 0 Å². The summed E-state index contributed by atoms with van der Waals surface area (Å²) in [5.41, 5.74) is -5.95. The molecular formula is C12H10O14Ra3. The van der Waals surface area contributed by atoms with Gasteiger partial charge < -0.3 is 69.6 Å². The predicted molar refractivity (Wildman–Crippen MR) is 58.4 cm³/mol. The summed E-state index contributed by atoms with van der Waals surface area (Å²) in [6.07, 6.45) is -5.43. The molecule has 148 valence electrons. The number of hydrogen-bond donors (Lipinski definition) is 2. The molecule has 0 aromatic carbocycles. The van der Waals surface area contributed by atoms with Gasteiger partial charge in [-0.1, -0.05) is 0 Å². The number of carbonyl (C=O) groups is 6. The molecule has 0 atom stereocenters. The van der Waals surface area contributed by atoms with Gasteiger partial charge in [-0.25, -0.2) is 0 Å². The Kier molecular flexibility index (Phi) is 26.1. The largest absolute Gasteiger partial charge is 2.00 e. The Hall–Kier alpha value is 1.14. The van der Waals surface area contributed by atoms with E-state index in [-0.39, 0.29) is 135 Å². The zero-order valence-electron chi connectivity index (χ0n) is 14.7. The van der Waals surface area contributed by atoms with E-state index in [9.17, 15) is 59.4 Å². The number of carboxylic acid groups (broad SMARTS) is 6. The molecule has 0 radical (unpaired) electrons. The Labute approximate surface area is 272 Å². The second-order valence-electron chi connectivity index (χ2n) is 4.83. The molecule has 0 rings (SSSR count). The van der Waals surface area contributed by atoms with Gasteiger partial charge in [-0.2, -0.15) is 0 Å². The molecule has 0 aromatic heterocycles. The van der Waals surface area contributed by atoms with Gasteiger partial charge in [0.25, 0.3) is 0 Å². The third-order valence-electron chi connectivity index (χ3n) is 2.51. The number of hydrogen-bond acceptors (Lipinski definition) is 14. The maximum atomic E-state index is 10.1. The molecule has 14 nitrogen and oxygen atoms in total. The monoisotopic (exact) mass is 1060 g/mol. The topological polar surface area (TPSA) is 281 Å². The molecule has 0 saturated carbocycles. The minimum Gasteiger partial charge on any atom is -0.550 e. The van der Waals surface area contributed by atoms with E-state index in [0.717, 1.165) is 0 Å². The summed E-state index contributed by atoms with van der Waals surface area (Å²) in [4.78, 5) is 60.0. The summed E-state index contributed by atoms with van der Waals surface area (Å²) in [7, 11) is 0. The van der Waals surface area contributed by atoms with E-state index in [1.807, 2.05) is 0 Å². The zero-order valence-corrected chi connectivity index (χ0v) is 32.2. The van der Waals surface area contributed by atoms with Crippen molar-refractivity contribution in [2.75, 3.05) is 0 Å². The number of aliphatic carboxylic acids is 6. The average Bonchev–Trinajstić information content (AvgIpc) is 2.34. The van der Waals surface area contributed by atoms with Crippen LogP contribution in [0.4, 0.5) is 0 Å². The summed E-state index contributed by atoms with van der Waals surface area (Å²) in [6.45, 7) is 0. The zero-order chi connectivity index (χ0) is 21.3. The fourth-order valence-corrected chi connectivity index (χ4v) is 1.37. The minimum absolute atomic E-state index is 0. The van der Waals surface area contributed by atoms with Gasteiger partial charge in [0.2, 0.25) is 0 Å². The fraction of sp³-hybridized carbons (Fsp3) is 0.500. The van der Waals surface area contributed by atoms with E-state index in [1.165, 1.54) is 0 Å². The van der Waals surface area contributed by atoms with Crippen LogP contribution in [0.25, 0.3) is 0 Å². The van der Waals surface area contributed by atoms with E-state index >= 15 is 0 Å². The van der Waals surface area contributed by atoms with Crippen molar-refractivity contribution in [1.29, 1.82) is 0 Å². The van der Waals surface area contributed by atoms with Crippen LogP contribution >= 0.6 is 0 Å². The average molecular weight is 1060 g/mol. The van der Waals surface area contributed by atoms with Gasteiger partial charge in [-0.3, -0.25) is 0 Å². The van der Waals surface area contributed by atoms with E-state index in [2.05, 4.69) is 0 Å². The Balaban J connectivity index is -0.000000120. The fourth-order valence-electron chi connectivity index (χ4n) is 1.37. The van der Waals surface area contributed by atoms with Crippen molar-refractivity contribution in [3.05, 3.63) is 0 Å². The van der Waals surface area contributed by atoms with Crippen LogP contribution in [-0.4, -0.2) is 57.2 Å². The molecule has 29 heavy (non-hydrogen) atoms. The Morgan fingerprint density at radius 2 is 0.621 bits per heavy atom. The molecule has 0 heterocycles. The smallest absolute Gasteiger partial charge is 0.550 e. The molecule has 2 N–H and O–H groups in total. The van der Waals surface area contributed by atoms with Crippen molar-refractivity contribution in [2.45, 2.75) is 36.9 Å². The van der Waals surface area contributed by atoms with Crippen molar-refractivity contribution in [2.24, 2.45) is 0 Å². The molecule has 0 fully saturated rings. The molecule has 17 heteroatoms. The molecule has 0 bridgehead atoms. The van der Waals surface area contributed by atoms with Crippen molar-refractivity contribution < 1.29 is 205 Å². The first-order chi connectivity index (χ1) is 11.6. The first-order valence-corrected chi connectivity index (χ1v) is 6.23. The van der Waals surface area contributed by atoms with Crippen LogP contribution in [0.15, 0.2) is 0 Å². The van der Waals surface area contributed by atoms with Gasteiger partial charge in [-0.05, 0) is 0 Å². The quantitative estimate of drug-likeness (QED) is 0.206. The Morgan fingerprint density at radius 3 is 0.690 bits per heavy atom. The molecule has 0 aliphatic carbocycles. The summed E-state index contributed by atoms with van der Waals surface area (Å²) in [6, 6.07) is 0. The van der Waals surface area contributed by atoms with Crippen molar-refractivity contribution in [3.63, 3.8) is 0 Å². The number of carbonyl (C=O) groups excluding carboxylic acids is 6. The second-order valence-corrected chi connectivity index (χ2v) is 4.83. The Bertz CT molecular complexity index is 521. The Morgan fingerprint density at radius 1 is 0.483 bits per heavy atom. The second kappa shape index (κ2) is 18.7. The summed E-state index contributed by atoms with van der Waals surface area (Å²) < 4.78 is 0. The van der Waals surface area contributed by atoms with E-state index in [1.54, 1.807) is 0 Å². The SMILES string of the molecule is O=C([O-])CC(O)(CC(=O)[O-])C(=O)[O-].O=C([O-])CC(O)(CC(=O)[O-])C(=O)[O-].[Ra+2].[Ra+2].[Ra+2]. The molecular weight excluding hydrogens is 1050 g/mol. The number of aliphatic hydroxyl groups is 2.